The lowest BCUT2D eigenvalue weighted by Gasteiger charge is -2.35. The van der Waals surface area contributed by atoms with Gasteiger partial charge in [0, 0.05) is 16.7 Å². The zero-order valence-electron chi connectivity index (χ0n) is 26.4. The molecule has 2 aliphatic rings. The van der Waals surface area contributed by atoms with Gasteiger partial charge in [-0.1, -0.05) is 82.0 Å². The highest BCUT2D eigenvalue weighted by Crippen LogP contribution is 2.43. The molecule has 0 N–H and O–H groups in total. The van der Waals surface area contributed by atoms with Crippen LogP contribution in [0.2, 0.25) is 0 Å². The van der Waals surface area contributed by atoms with E-state index in [1.807, 2.05) is 13.8 Å². The Kier molecular flexibility index (Phi) is 11.1. The zero-order chi connectivity index (χ0) is 32.1. The van der Waals surface area contributed by atoms with Crippen LogP contribution in [-0.4, -0.2) is 0 Å². The molecule has 0 aliphatic heterocycles. The molecule has 1 atom stereocenters. The van der Waals surface area contributed by atoms with Gasteiger partial charge in [-0.2, -0.15) is 0 Å². The molecule has 0 spiro atoms. The van der Waals surface area contributed by atoms with Crippen LogP contribution in [0.25, 0.3) is 16.7 Å². The van der Waals surface area contributed by atoms with Crippen LogP contribution in [0.5, 0.6) is 0 Å². The Morgan fingerprint density at radius 1 is 0.556 bits per heavy atom. The van der Waals surface area contributed by atoms with Gasteiger partial charge in [-0.05, 0) is 104 Å². The van der Waals surface area contributed by atoms with Crippen molar-refractivity contribution in [2.75, 3.05) is 0 Å². The van der Waals surface area contributed by atoms with E-state index in [4.69, 9.17) is 0 Å². The van der Waals surface area contributed by atoms with Crippen molar-refractivity contribution >= 4 is 5.57 Å². The summed E-state index contributed by atoms with van der Waals surface area (Å²) in [6.07, 6.45) is 13.5. The van der Waals surface area contributed by atoms with Crippen molar-refractivity contribution in [2.45, 2.75) is 104 Å². The second-order valence-electron chi connectivity index (χ2n) is 13.1. The van der Waals surface area contributed by atoms with Crippen molar-refractivity contribution in [3.8, 4) is 11.1 Å². The van der Waals surface area contributed by atoms with Gasteiger partial charge in [0.1, 0.15) is 0 Å². The molecule has 0 radical (unpaired) electrons. The third-order valence-corrected chi connectivity index (χ3v) is 10.4. The molecule has 5 rings (SSSR count). The van der Waals surface area contributed by atoms with E-state index in [2.05, 4.69) is 6.08 Å². The third-order valence-electron chi connectivity index (χ3n) is 10.4. The molecule has 0 saturated heterocycles. The number of hydrogen-bond acceptors (Lipinski definition) is 0. The van der Waals surface area contributed by atoms with Gasteiger partial charge in [0.05, 0.1) is 0 Å². The molecule has 3 aromatic rings. The van der Waals surface area contributed by atoms with Crippen LogP contribution in [-0.2, 0) is 19.3 Å². The van der Waals surface area contributed by atoms with Crippen LogP contribution in [0.15, 0.2) is 42.5 Å². The number of benzene rings is 3. The van der Waals surface area contributed by atoms with E-state index in [0.717, 1.165) is 76.2 Å². The van der Waals surface area contributed by atoms with Crippen LogP contribution in [0.1, 0.15) is 107 Å². The molecule has 1 unspecified atom stereocenters. The summed E-state index contributed by atoms with van der Waals surface area (Å²) < 4.78 is 88.8. The number of hydrogen-bond donors (Lipinski definition) is 0. The fourth-order valence-electron chi connectivity index (χ4n) is 7.49. The second kappa shape index (κ2) is 15.0. The van der Waals surface area contributed by atoms with Crippen molar-refractivity contribution in [3.63, 3.8) is 0 Å². The van der Waals surface area contributed by atoms with E-state index in [1.54, 1.807) is 12.1 Å². The maximum Gasteiger partial charge on any atom is 0.167 e. The first-order valence-electron chi connectivity index (χ1n) is 16.8. The molecule has 45 heavy (non-hydrogen) atoms. The summed E-state index contributed by atoms with van der Waals surface area (Å²) in [5, 5.41) is 0. The van der Waals surface area contributed by atoms with Crippen molar-refractivity contribution in [3.05, 3.63) is 99.6 Å². The summed E-state index contributed by atoms with van der Waals surface area (Å²) in [6.45, 7) is 3.84. The molecule has 3 aromatic carbocycles. The number of allylic oxidation sites excluding steroid dienone is 2. The predicted molar refractivity (Wildman–Crippen MR) is 170 cm³/mol. The molecule has 1 fully saturated rings. The highest BCUT2D eigenvalue weighted by atomic mass is 19.2. The monoisotopic (exact) mass is 626 g/mol. The molecule has 0 aromatic heterocycles. The largest absolute Gasteiger partial charge is 0.203 e. The van der Waals surface area contributed by atoms with E-state index >= 15 is 8.78 Å². The van der Waals surface area contributed by atoms with Crippen molar-refractivity contribution in [1.82, 2.24) is 0 Å². The Balaban J connectivity index is 1.14. The minimum absolute atomic E-state index is 0.256. The van der Waals surface area contributed by atoms with Crippen LogP contribution in [0.3, 0.4) is 0 Å². The van der Waals surface area contributed by atoms with Crippen LogP contribution in [0, 0.1) is 52.7 Å². The van der Waals surface area contributed by atoms with Gasteiger partial charge in [0.25, 0.3) is 0 Å². The van der Waals surface area contributed by atoms with Crippen LogP contribution >= 0.6 is 0 Å². The van der Waals surface area contributed by atoms with Gasteiger partial charge < -0.3 is 0 Å². The SMILES string of the molecule is CCCCCc1ccc(-c2ccc(CCC3CCC(C4CC=C(c5ccc(CC)c(F)c5F)CC4)CC3)c(F)c2F)c(F)c1F. The van der Waals surface area contributed by atoms with Crippen molar-refractivity contribution in [1.29, 1.82) is 0 Å². The fraction of sp³-hybridized carbons (Fsp3) is 0.487. The molecule has 2 aliphatic carbocycles. The van der Waals surface area contributed by atoms with Crippen LogP contribution < -0.4 is 0 Å². The van der Waals surface area contributed by atoms with E-state index in [9.17, 15) is 17.6 Å². The topological polar surface area (TPSA) is 0 Å². The van der Waals surface area contributed by atoms with Gasteiger partial charge in [0.2, 0.25) is 0 Å². The second-order valence-corrected chi connectivity index (χ2v) is 13.1. The fourth-order valence-corrected chi connectivity index (χ4v) is 7.49. The molecule has 0 bridgehead atoms. The van der Waals surface area contributed by atoms with E-state index in [1.165, 1.54) is 24.3 Å². The first-order valence-corrected chi connectivity index (χ1v) is 16.8. The maximum absolute atomic E-state index is 15.1. The van der Waals surface area contributed by atoms with E-state index < -0.39 is 34.9 Å². The average Bonchev–Trinajstić information content (AvgIpc) is 3.06. The molecule has 1 saturated carbocycles. The number of rotatable bonds is 11. The van der Waals surface area contributed by atoms with Crippen molar-refractivity contribution in [2.24, 2.45) is 17.8 Å². The van der Waals surface area contributed by atoms with Gasteiger partial charge in [-0.15, -0.1) is 0 Å². The Bertz CT molecular complexity index is 1510. The smallest absolute Gasteiger partial charge is 0.167 e. The summed E-state index contributed by atoms with van der Waals surface area (Å²) >= 11 is 0. The standard InChI is InChI=1S/C39H44F6/c1-3-5-6-7-29-19-22-32(38(44)35(29)41)33-23-20-30(36(42)39(33)45)13-10-24-8-11-26(12-9-24)27-14-16-28(17-15-27)31-21-18-25(4-2)34(40)37(31)43/h16,18-24,26-27H,3-15,17H2,1-2H3. The van der Waals surface area contributed by atoms with Gasteiger partial charge in [-0.25, -0.2) is 26.3 Å². The Morgan fingerprint density at radius 2 is 1.11 bits per heavy atom. The molecule has 6 heteroatoms. The lowest BCUT2D eigenvalue weighted by atomic mass is 9.70. The maximum atomic E-state index is 15.1. The van der Waals surface area contributed by atoms with Gasteiger partial charge in [-0.3, -0.25) is 0 Å². The quantitative estimate of drug-likeness (QED) is 0.147. The van der Waals surface area contributed by atoms with Crippen LogP contribution in [0.4, 0.5) is 26.3 Å². The highest BCUT2D eigenvalue weighted by molar-refractivity contribution is 5.67. The lowest BCUT2D eigenvalue weighted by Crippen LogP contribution is -2.23. The predicted octanol–water partition coefficient (Wildman–Crippen LogP) is 12.1. The molecular weight excluding hydrogens is 582 g/mol. The van der Waals surface area contributed by atoms with Crippen molar-refractivity contribution < 1.29 is 26.3 Å². The normalized spacial score (nSPS) is 20.4. The molecule has 242 valence electrons. The minimum atomic E-state index is -1.14. The molecule has 0 heterocycles. The zero-order valence-corrected chi connectivity index (χ0v) is 26.4. The summed E-state index contributed by atoms with van der Waals surface area (Å²) in [5.41, 5.74) is 1.68. The Morgan fingerprint density at radius 3 is 1.69 bits per heavy atom. The summed E-state index contributed by atoms with van der Waals surface area (Å²) in [4.78, 5) is 0. The minimum Gasteiger partial charge on any atom is -0.203 e. The third kappa shape index (κ3) is 7.36. The average molecular weight is 627 g/mol. The molecule has 0 amide bonds. The van der Waals surface area contributed by atoms with E-state index in [0.29, 0.717) is 48.1 Å². The summed E-state index contributed by atoms with van der Waals surface area (Å²) in [6, 6.07) is 9.08. The Labute approximate surface area is 264 Å². The molecular formula is C39H44F6. The Hall–Kier alpha value is -3.02. The first kappa shape index (κ1) is 33.3. The molecule has 0 nitrogen and oxygen atoms in total. The first-order chi connectivity index (χ1) is 21.7. The highest BCUT2D eigenvalue weighted by Gasteiger charge is 2.30. The summed E-state index contributed by atoms with van der Waals surface area (Å²) in [5.74, 6) is -4.21. The van der Waals surface area contributed by atoms with Gasteiger partial charge in [0.15, 0.2) is 34.9 Å². The van der Waals surface area contributed by atoms with Gasteiger partial charge >= 0.3 is 0 Å². The summed E-state index contributed by atoms with van der Waals surface area (Å²) in [7, 11) is 0. The van der Waals surface area contributed by atoms with E-state index in [-0.39, 0.29) is 22.3 Å². The number of halogens is 6. The lowest BCUT2D eigenvalue weighted by molar-refractivity contribution is 0.189. The number of aryl methyl sites for hydroxylation is 3. The number of unbranched alkanes of at least 4 members (excludes halogenated alkanes) is 2.